The molecular weight excluding hydrogens is 236 g/mol. The van der Waals surface area contributed by atoms with E-state index < -0.39 is 0 Å². The fourth-order valence-corrected chi connectivity index (χ4v) is 1.90. The predicted octanol–water partition coefficient (Wildman–Crippen LogP) is 2.51. The summed E-state index contributed by atoms with van der Waals surface area (Å²) >= 11 is 0. The van der Waals surface area contributed by atoms with Crippen molar-refractivity contribution in [3.05, 3.63) is 59.2 Å². The number of nitrogens with one attached hydrogen (secondary N) is 1. The monoisotopic (exact) mass is 252 g/mol. The van der Waals surface area contributed by atoms with Gasteiger partial charge in [-0.15, -0.1) is 0 Å². The maximum absolute atomic E-state index is 8.71. The summed E-state index contributed by atoms with van der Waals surface area (Å²) in [5.74, 6) is 0. The third kappa shape index (κ3) is 3.36. The van der Waals surface area contributed by atoms with Crippen LogP contribution in [-0.2, 0) is 6.54 Å². The number of aromatic nitrogens is 2. The van der Waals surface area contributed by atoms with Crippen LogP contribution in [-0.4, -0.2) is 9.97 Å². The van der Waals surface area contributed by atoms with Crippen molar-refractivity contribution in [2.24, 2.45) is 0 Å². The smallest absolute Gasteiger partial charge is 0.101 e. The summed E-state index contributed by atoms with van der Waals surface area (Å²) in [5.41, 5.74) is 3.73. The Morgan fingerprint density at radius 1 is 1.32 bits per heavy atom. The van der Waals surface area contributed by atoms with E-state index in [4.69, 9.17) is 5.26 Å². The SMILES string of the molecule is Cc1cccnc1[C@@H](C)NCc1ccc(C#N)cn1. The molecule has 0 aliphatic heterocycles. The molecule has 0 amide bonds. The fraction of sp³-hybridized carbons (Fsp3) is 0.267. The summed E-state index contributed by atoms with van der Waals surface area (Å²) in [5, 5.41) is 12.1. The van der Waals surface area contributed by atoms with Crippen molar-refractivity contribution < 1.29 is 0 Å². The van der Waals surface area contributed by atoms with Gasteiger partial charge in [0.05, 0.1) is 17.0 Å². The highest BCUT2D eigenvalue weighted by Crippen LogP contribution is 2.14. The first kappa shape index (κ1) is 13.2. The second-order valence-electron chi connectivity index (χ2n) is 4.46. The first-order chi connectivity index (χ1) is 9.20. The highest BCUT2D eigenvalue weighted by molar-refractivity contribution is 5.26. The van der Waals surface area contributed by atoms with Crippen LogP contribution in [0.3, 0.4) is 0 Å². The lowest BCUT2D eigenvalue weighted by atomic mass is 10.1. The van der Waals surface area contributed by atoms with Gasteiger partial charge in [0.2, 0.25) is 0 Å². The average Bonchev–Trinajstić information content (AvgIpc) is 2.46. The molecule has 2 heterocycles. The molecule has 0 radical (unpaired) electrons. The molecule has 4 nitrogen and oxygen atoms in total. The molecule has 2 aromatic heterocycles. The van der Waals surface area contributed by atoms with Gasteiger partial charge >= 0.3 is 0 Å². The lowest BCUT2D eigenvalue weighted by Gasteiger charge is -2.15. The number of rotatable bonds is 4. The summed E-state index contributed by atoms with van der Waals surface area (Å²) in [7, 11) is 0. The van der Waals surface area contributed by atoms with Gasteiger partial charge in [0, 0.05) is 25.0 Å². The Kier molecular flexibility index (Phi) is 4.22. The molecule has 0 bridgehead atoms. The summed E-state index contributed by atoms with van der Waals surface area (Å²) in [6.45, 7) is 4.79. The number of hydrogen-bond acceptors (Lipinski definition) is 4. The Balaban J connectivity index is 1.98. The van der Waals surface area contributed by atoms with E-state index in [1.165, 1.54) is 5.56 Å². The van der Waals surface area contributed by atoms with Crippen LogP contribution in [0.2, 0.25) is 0 Å². The zero-order valence-electron chi connectivity index (χ0n) is 11.1. The minimum Gasteiger partial charge on any atom is -0.303 e. The second-order valence-corrected chi connectivity index (χ2v) is 4.46. The third-order valence-corrected chi connectivity index (χ3v) is 3.00. The molecule has 19 heavy (non-hydrogen) atoms. The van der Waals surface area contributed by atoms with E-state index >= 15 is 0 Å². The van der Waals surface area contributed by atoms with Crippen LogP contribution < -0.4 is 5.32 Å². The molecular formula is C15H16N4. The van der Waals surface area contributed by atoms with Crippen LogP contribution >= 0.6 is 0 Å². The molecule has 0 aromatic carbocycles. The van der Waals surface area contributed by atoms with Crippen molar-refractivity contribution in [3.8, 4) is 6.07 Å². The Bertz CT molecular complexity index is 584. The maximum atomic E-state index is 8.71. The van der Waals surface area contributed by atoms with Gasteiger partial charge in [-0.3, -0.25) is 9.97 Å². The molecule has 4 heteroatoms. The molecule has 96 valence electrons. The summed E-state index contributed by atoms with van der Waals surface area (Å²) in [4.78, 5) is 8.62. The van der Waals surface area contributed by atoms with Gasteiger partial charge in [-0.2, -0.15) is 5.26 Å². The van der Waals surface area contributed by atoms with Crippen LogP contribution in [0.1, 0.15) is 35.5 Å². The minimum absolute atomic E-state index is 0.165. The third-order valence-electron chi connectivity index (χ3n) is 3.00. The average molecular weight is 252 g/mol. The molecule has 0 aliphatic carbocycles. The highest BCUT2D eigenvalue weighted by Gasteiger charge is 2.08. The second kappa shape index (κ2) is 6.07. The van der Waals surface area contributed by atoms with E-state index in [2.05, 4.69) is 41.3 Å². The molecule has 0 fully saturated rings. The van der Waals surface area contributed by atoms with Crippen molar-refractivity contribution in [1.82, 2.24) is 15.3 Å². The summed E-state index contributed by atoms with van der Waals surface area (Å²) in [6.07, 6.45) is 3.40. The Morgan fingerprint density at radius 3 is 2.79 bits per heavy atom. The van der Waals surface area contributed by atoms with E-state index in [1.807, 2.05) is 12.1 Å². The van der Waals surface area contributed by atoms with Crippen molar-refractivity contribution >= 4 is 0 Å². The van der Waals surface area contributed by atoms with Gasteiger partial charge in [-0.1, -0.05) is 6.07 Å². The summed E-state index contributed by atoms with van der Waals surface area (Å²) < 4.78 is 0. The van der Waals surface area contributed by atoms with Crippen molar-refractivity contribution in [2.45, 2.75) is 26.4 Å². The molecule has 0 aliphatic rings. The normalized spacial score (nSPS) is 11.8. The zero-order chi connectivity index (χ0) is 13.7. The molecule has 1 N–H and O–H groups in total. The lowest BCUT2D eigenvalue weighted by Crippen LogP contribution is -2.20. The topological polar surface area (TPSA) is 61.6 Å². The van der Waals surface area contributed by atoms with Crippen LogP contribution in [0, 0.1) is 18.3 Å². The van der Waals surface area contributed by atoms with Crippen molar-refractivity contribution in [2.75, 3.05) is 0 Å². The van der Waals surface area contributed by atoms with E-state index in [-0.39, 0.29) is 6.04 Å². The van der Waals surface area contributed by atoms with Crippen LogP contribution in [0.15, 0.2) is 36.7 Å². The number of pyridine rings is 2. The molecule has 0 saturated carbocycles. The predicted molar refractivity (Wildman–Crippen MR) is 73.2 cm³/mol. The first-order valence-electron chi connectivity index (χ1n) is 6.20. The molecule has 1 atom stereocenters. The molecule has 0 unspecified atom stereocenters. The Morgan fingerprint density at radius 2 is 2.16 bits per heavy atom. The Labute approximate surface area is 113 Å². The number of nitriles is 1. The maximum Gasteiger partial charge on any atom is 0.101 e. The lowest BCUT2D eigenvalue weighted by molar-refractivity contribution is 0.552. The largest absolute Gasteiger partial charge is 0.303 e. The van der Waals surface area contributed by atoms with Gasteiger partial charge in [-0.25, -0.2) is 0 Å². The van der Waals surface area contributed by atoms with Gasteiger partial charge in [-0.05, 0) is 37.6 Å². The number of aryl methyl sites for hydroxylation is 1. The van der Waals surface area contributed by atoms with Gasteiger partial charge in [0.1, 0.15) is 6.07 Å². The van der Waals surface area contributed by atoms with Crippen molar-refractivity contribution in [1.29, 1.82) is 5.26 Å². The fourth-order valence-electron chi connectivity index (χ4n) is 1.90. The van der Waals surface area contributed by atoms with Crippen LogP contribution in [0.4, 0.5) is 0 Å². The van der Waals surface area contributed by atoms with Gasteiger partial charge in [0.25, 0.3) is 0 Å². The standard InChI is InChI=1S/C15H16N4/c1-11-4-3-7-17-15(11)12(2)18-10-14-6-5-13(8-16)9-19-14/h3-7,9,12,18H,10H2,1-2H3/t12-/m1/s1. The van der Waals surface area contributed by atoms with E-state index in [1.54, 1.807) is 18.5 Å². The van der Waals surface area contributed by atoms with Gasteiger partial charge < -0.3 is 5.32 Å². The Hall–Kier alpha value is -2.25. The molecule has 2 rings (SSSR count). The van der Waals surface area contributed by atoms with Crippen LogP contribution in [0.5, 0.6) is 0 Å². The molecule has 2 aromatic rings. The number of nitrogens with zero attached hydrogens (tertiary/aromatic N) is 3. The molecule has 0 saturated heterocycles. The first-order valence-corrected chi connectivity index (χ1v) is 6.20. The molecule has 0 spiro atoms. The van der Waals surface area contributed by atoms with Gasteiger partial charge in [0.15, 0.2) is 0 Å². The number of hydrogen-bond donors (Lipinski definition) is 1. The van der Waals surface area contributed by atoms with Crippen molar-refractivity contribution in [3.63, 3.8) is 0 Å². The zero-order valence-corrected chi connectivity index (χ0v) is 11.1. The van der Waals surface area contributed by atoms with E-state index in [0.29, 0.717) is 12.1 Å². The quantitative estimate of drug-likeness (QED) is 0.908. The summed E-state index contributed by atoms with van der Waals surface area (Å²) in [6, 6.07) is 9.86. The minimum atomic E-state index is 0.165. The van der Waals surface area contributed by atoms with E-state index in [9.17, 15) is 0 Å². The van der Waals surface area contributed by atoms with Crippen LogP contribution in [0.25, 0.3) is 0 Å². The van der Waals surface area contributed by atoms with E-state index in [0.717, 1.165) is 11.4 Å². The highest BCUT2D eigenvalue weighted by atomic mass is 14.9.